The molecule has 22 heavy (non-hydrogen) atoms. The number of unbranched alkanes of at least 4 members (excludes halogenated alkanes) is 1. The second-order valence-electron chi connectivity index (χ2n) is 6.76. The van der Waals surface area contributed by atoms with Crippen LogP contribution in [0, 0.1) is 17.0 Å². The molecule has 1 saturated carbocycles. The number of hydrogen-bond donors (Lipinski definition) is 1. The lowest BCUT2D eigenvalue weighted by Crippen LogP contribution is -2.36. The number of hydrogen-bond acceptors (Lipinski definition) is 2. The first-order chi connectivity index (χ1) is 10.1. The summed E-state index contributed by atoms with van der Waals surface area (Å²) in [5, 5.41) is 0. The summed E-state index contributed by atoms with van der Waals surface area (Å²) in [6.07, 6.45) is 2.06. The molecule has 124 valence electrons. The summed E-state index contributed by atoms with van der Waals surface area (Å²) in [4.78, 5) is 0. The van der Waals surface area contributed by atoms with Gasteiger partial charge in [0.1, 0.15) is 11.6 Å². The predicted molar refractivity (Wildman–Crippen MR) is 83.1 cm³/mol. The fourth-order valence-electron chi connectivity index (χ4n) is 3.08. The van der Waals surface area contributed by atoms with Crippen LogP contribution in [0.3, 0.4) is 0 Å². The summed E-state index contributed by atoms with van der Waals surface area (Å²) in [7, 11) is -3.36. The first kappa shape index (κ1) is 17.3. The maximum atomic E-state index is 14.1. The van der Waals surface area contributed by atoms with Gasteiger partial charge in [-0.05, 0) is 29.9 Å². The third-order valence-electron chi connectivity index (χ3n) is 4.72. The Hall–Kier alpha value is -1.01. The van der Waals surface area contributed by atoms with Crippen molar-refractivity contribution in [3.63, 3.8) is 0 Å². The van der Waals surface area contributed by atoms with E-state index in [4.69, 9.17) is 0 Å². The summed E-state index contributed by atoms with van der Waals surface area (Å²) < 4.78 is 53.8. The molecule has 1 unspecified atom stereocenters. The van der Waals surface area contributed by atoms with E-state index in [9.17, 15) is 17.2 Å². The van der Waals surface area contributed by atoms with Crippen LogP contribution in [-0.4, -0.2) is 20.7 Å². The molecule has 0 bridgehead atoms. The maximum absolute atomic E-state index is 14.1. The van der Waals surface area contributed by atoms with E-state index < -0.39 is 27.1 Å². The molecule has 0 amide bonds. The van der Waals surface area contributed by atoms with Crippen LogP contribution in [0.5, 0.6) is 0 Å². The van der Waals surface area contributed by atoms with Crippen LogP contribution in [0.15, 0.2) is 18.2 Å². The normalized spacial score (nSPS) is 23.5. The molecule has 0 heterocycles. The molecule has 1 atom stereocenters. The highest BCUT2D eigenvalue weighted by Gasteiger charge is 2.62. The van der Waals surface area contributed by atoms with Gasteiger partial charge in [-0.1, -0.05) is 33.3 Å². The Labute approximate surface area is 131 Å². The predicted octanol–water partition coefficient (Wildman–Crippen LogP) is 3.35. The topological polar surface area (TPSA) is 46.2 Å². The highest BCUT2D eigenvalue weighted by molar-refractivity contribution is 7.89. The van der Waals surface area contributed by atoms with E-state index in [2.05, 4.69) is 4.72 Å². The minimum atomic E-state index is -3.36. The second kappa shape index (κ2) is 5.89. The number of nitrogens with one attached hydrogen (secondary N) is 1. The van der Waals surface area contributed by atoms with Crippen LogP contribution >= 0.6 is 0 Å². The van der Waals surface area contributed by atoms with Gasteiger partial charge in [0.15, 0.2) is 0 Å². The van der Waals surface area contributed by atoms with E-state index >= 15 is 0 Å². The Kier molecular flexibility index (Phi) is 4.64. The van der Waals surface area contributed by atoms with Gasteiger partial charge < -0.3 is 0 Å². The molecule has 0 aromatic heterocycles. The molecule has 0 saturated heterocycles. The Morgan fingerprint density at radius 2 is 1.91 bits per heavy atom. The molecule has 3 nitrogen and oxygen atoms in total. The smallest absolute Gasteiger partial charge is 0.211 e. The van der Waals surface area contributed by atoms with Crippen molar-refractivity contribution >= 4 is 10.0 Å². The second-order valence-corrected chi connectivity index (χ2v) is 8.69. The van der Waals surface area contributed by atoms with E-state index in [-0.39, 0.29) is 17.7 Å². The standard InChI is InChI=1S/C16H23F2NO2S/c1-4-5-8-22(20,21)19-11-16(10-15(16,2)3)13-7-6-12(17)9-14(13)18/h6-7,9,19H,4-5,8,10-11H2,1-3H3. The fourth-order valence-corrected chi connectivity index (χ4v) is 4.36. The van der Waals surface area contributed by atoms with Gasteiger partial charge in [0, 0.05) is 18.0 Å². The molecular weight excluding hydrogens is 308 g/mol. The maximum Gasteiger partial charge on any atom is 0.211 e. The van der Waals surface area contributed by atoms with E-state index in [1.54, 1.807) is 0 Å². The lowest BCUT2D eigenvalue weighted by molar-refractivity contribution is 0.458. The molecule has 0 radical (unpaired) electrons. The molecule has 1 fully saturated rings. The van der Waals surface area contributed by atoms with Crippen LogP contribution in [0.1, 0.15) is 45.6 Å². The Morgan fingerprint density at radius 3 is 2.41 bits per heavy atom. The minimum Gasteiger partial charge on any atom is -0.214 e. The van der Waals surface area contributed by atoms with E-state index in [0.29, 0.717) is 18.4 Å². The van der Waals surface area contributed by atoms with E-state index in [1.807, 2.05) is 20.8 Å². The van der Waals surface area contributed by atoms with Gasteiger partial charge >= 0.3 is 0 Å². The van der Waals surface area contributed by atoms with Gasteiger partial charge in [-0.25, -0.2) is 21.9 Å². The van der Waals surface area contributed by atoms with Gasteiger partial charge in [-0.15, -0.1) is 0 Å². The van der Waals surface area contributed by atoms with Crippen LogP contribution in [0.25, 0.3) is 0 Å². The molecule has 1 aromatic rings. The summed E-state index contributed by atoms with van der Waals surface area (Å²) in [5.41, 5.74) is -0.444. The van der Waals surface area contributed by atoms with Crippen LogP contribution in [0.2, 0.25) is 0 Å². The minimum absolute atomic E-state index is 0.0753. The Balaban J connectivity index is 2.21. The summed E-state index contributed by atoms with van der Waals surface area (Å²) >= 11 is 0. The van der Waals surface area contributed by atoms with Crippen molar-refractivity contribution in [2.24, 2.45) is 5.41 Å². The van der Waals surface area contributed by atoms with Crippen LogP contribution < -0.4 is 4.72 Å². The van der Waals surface area contributed by atoms with Gasteiger partial charge in [-0.3, -0.25) is 0 Å². The summed E-state index contributed by atoms with van der Waals surface area (Å²) in [6.45, 7) is 6.01. The van der Waals surface area contributed by atoms with Crippen molar-refractivity contribution in [2.45, 2.75) is 45.4 Å². The van der Waals surface area contributed by atoms with E-state index in [1.165, 1.54) is 12.1 Å². The van der Waals surface area contributed by atoms with Gasteiger partial charge in [0.05, 0.1) is 5.75 Å². The average molecular weight is 331 g/mol. The monoisotopic (exact) mass is 331 g/mol. The molecule has 1 N–H and O–H groups in total. The Bertz CT molecular complexity index is 658. The highest BCUT2D eigenvalue weighted by Crippen LogP contribution is 2.64. The summed E-state index contributed by atoms with van der Waals surface area (Å²) in [6, 6.07) is 3.51. The zero-order valence-corrected chi connectivity index (χ0v) is 14.1. The lowest BCUT2D eigenvalue weighted by Gasteiger charge is -2.22. The van der Waals surface area contributed by atoms with E-state index in [0.717, 1.165) is 12.5 Å². The Morgan fingerprint density at radius 1 is 1.27 bits per heavy atom. The van der Waals surface area contributed by atoms with Crippen molar-refractivity contribution in [1.29, 1.82) is 0 Å². The highest BCUT2D eigenvalue weighted by atomic mass is 32.2. The zero-order valence-electron chi connectivity index (χ0n) is 13.2. The fraction of sp³-hybridized carbons (Fsp3) is 0.625. The molecule has 1 aromatic carbocycles. The zero-order chi connectivity index (χ0) is 16.6. The van der Waals surface area contributed by atoms with Crippen molar-refractivity contribution in [2.75, 3.05) is 12.3 Å². The third-order valence-corrected chi connectivity index (χ3v) is 6.13. The van der Waals surface area contributed by atoms with Crippen LogP contribution in [-0.2, 0) is 15.4 Å². The van der Waals surface area contributed by atoms with Crippen molar-refractivity contribution in [3.05, 3.63) is 35.4 Å². The molecule has 0 aliphatic heterocycles. The molecule has 6 heteroatoms. The lowest BCUT2D eigenvalue weighted by atomic mass is 9.87. The molecule has 0 spiro atoms. The average Bonchev–Trinajstić information content (AvgIpc) is 2.97. The third kappa shape index (κ3) is 3.33. The van der Waals surface area contributed by atoms with Crippen LogP contribution in [0.4, 0.5) is 8.78 Å². The van der Waals surface area contributed by atoms with Crippen molar-refractivity contribution in [1.82, 2.24) is 4.72 Å². The molecular formula is C16H23F2NO2S. The van der Waals surface area contributed by atoms with Crippen molar-refractivity contribution < 1.29 is 17.2 Å². The summed E-state index contributed by atoms with van der Waals surface area (Å²) in [5.74, 6) is -1.16. The van der Waals surface area contributed by atoms with Gasteiger partial charge in [-0.2, -0.15) is 0 Å². The van der Waals surface area contributed by atoms with Crippen molar-refractivity contribution in [3.8, 4) is 0 Å². The first-order valence-corrected chi connectivity index (χ1v) is 9.22. The number of rotatable bonds is 7. The number of sulfonamides is 1. The number of halogens is 2. The largest absolute Gasteiger partial charge is 0.214 e. The molecule has 1 aliphatic rings. The SMILES string of the molecule is CCCCS(=O)(=O)NCC1(c2ccc(F)cc2F)CC1(C)C. The first-order valence-electron chi connectivity index (χ1n) is 7.56. The quantitative estimate of drug-likeness (QED) is 0.833. The number of benzene rings is 1. The van der Waals surface area contributed by atoms with Gasteiger partial charge in [0.25, 0.3) is 0 Å². The van der Waals surface area contributed by atoms with Gasteiger partial charge in [0.2, 0.25) is 10.0 Å². The molecule has 2 rings (SSSR count). The molecule has 1 aliphatic carbocycles.